The van der Waals surface area contributed by atoms with Crippen LogP contribution in [0, 0.1) is 13.1 Å². The molecule has 8 nitrogen and oxygen atoms in total. The summed E-state index contributed by atoms with van der Waals surface area (Å²) >= 11 is 0. The Morgan fingerprint density at radius 2 is 2.12 bits per heavy atom. The number of fused-ring (bicyclic) bond motifs is 3. The molecule has 1 aliphatic rings. The number of hydrogen-bond donors (Lipinski definition) is 3. The van der Waals surface area contributed by atoms with E-state index in [0.29, 0.717) is 42.2 Å². The molecule has 1 fully saturated rings. The van der Waals surface area contributed by atoms with Gasteiger partial charge in [0.05, 0.1) is 23.9 Å². The van der Waals surface area contributed by atoms with E-state index in [1.807, 2.05) is 13.1 Å². The summed E-state index contributed by atoms with van der Waals surface area (Å²) in [5.41, 5.74) is 2.88. The van der Waals surface area contributed by atoms with Gasteiger partial charge in [0.2, 0.25) is 0 Å². The van der Waals surface area contributed by atoms with E-state index in [9.17, 15) is 13.9 Å². The van der Waals surface area contributed by atoms with Gasteiger partial charge in [-0.1, -0.05) is 18.2 Å². The Labute approximate surface area is 194 Å². The van der Waals surface area contributed by atoms with Crippen LogP contribution in [0.4, 0.5) is 20.3 Å². The minimum atomic E-state index is -3.30. The van der Waals surface area contributed by atoms with E-state index in [4.69, 9.17) is 5.11 Å². The van der Waals surface area contributed by atoms with E-state index in [1.54, 1.807) is 23.7 Å². The first-order valence-electron chi connectivity index (χ1n) is 11.1. The predicted molar refractivity (Wildman–Crippen MR) is 123 cm³/mol. The molecule has 3 N–H and O–H groups in total. The van der Waals surface area contributed by atoms with E-state index in [-0.39, 0.29) is 18.2 Å². The number of nitrogens with one attached hydrogen (secondary N) is 1. The number of nitrogens with zero attached hydrogens (tertiary/aromatic N) is 5. The molecule has 1 aliphatic heterocycles. The first-order valence-corrected chi connectivity index (χ1v) is 11.1. The summed E-state index contributed by atoms with van der Waals surface area (Å²) in [6, 6.07) is 7.96. The second-order valence-corrected chi connectivity index (χ2v) is 8.68. The highest BCUT2D eigenvalue weighted by molar-refractivity contribution is 6.11. The van der Waals surface area contributed by atoms with Crippen molar-refractivity contribution in [3.05, 3.63) is 53.5 Å². The number of β-amino-alcohol motifs (C(OH)–C–C–N with tert-alkyl or cyclic N) is 1. The highest BCUT2D eigenvalue weighted by atomic mass is 19.3. The Morgan fingerprint density at radius 3 is 2.85 bits per heavy atom. The molecular formula is C24H25F2N6O2+. The lowest BCUT2D eigenvalue weighted by atomic mass is 10.1. The first kappa shape index (κ1) is 22.3. The second kappa shape index (κ2) is 8.34. The smallest absolute Gasteiger partial charge is 0.362 e. The quantitative estimate of drug-likeness (QED) is 0.399. The van der Waals surface area contributed by atoms with Gasteiger partial charge in [0.15, 0.2) is 10.9 Å². The molecule has 34 heavy (non-hydrogen) atoms. The van der Waals surface area contributed by atoms with Crippen LogP contribution in [-0.2, 0) is 19.5 Å². The summed E-state index contributed by atoms with van der Waals surface area (Å²) in [6.07, 6.45) is 3.36. The van der Waals surface area contributed by atoms with Crippen molar-refractivity contribution in [1.29, 1.82) is 0 Å². The van der Waals surface area contributed by atoms with Crippen LogP contribution < -0.4 is 15.3 Å². The van der Waals surface area contributed by atoms with Crippen LogP contribution in [0.15, 0.2) is 30.3 Å². The first-order chi connectivity index (χ1) is 16.3. The van der Waals surface area contributed by atoms with E-state index in [2.05, 4.69) is 31.5 Å². The SMILES string of the molecule is Cc1nc(NCc2cccc(C(F)(F)CO)c2)c2cc(N3CCC(O)C3)c3c(c#[n+]n3C)c2n1. The largest absolute Gasteiger partial charge is 0.391 e. The molecule has 3 heterocycles. The summed E-state index contributed by atoms with van der Waals surface area (Å²) in [7, 11) is 1.85. The van der Waals surface area contributed by atoms with Crippen molar-refractivity contribution in [1.82, 2.24) is 14.6 Å². The van der Waals surface area contributed by atoms with E-state index in [0.717, 1.165) is 22.0 Å². The molecule has 10 heteroatoms. The topological polar surface area (TPSA) is 101 Å². The zero-order chi connectivity index (χ0) is 24.0. The standard InChI is InChI=1S/C24H24F2N6O2/c1-14-29-21-18(9-20(32-7-6-17(34)12-32)22-19(21)11-28-31(22)2)23(30-14)27-10-15-4-3-5-16(8-15)24(25,26)13-33/h3-5,8-9,17,33-34H,6-7,10,12-13H2,1-2H3/p+1. The third-order valence-electron chi connectivity index (χ3n) is 6.20. The number of aryl methyl sites for hydroxylation is 2. The fraction of sp³-hybridized carbons (Fsp3) is 0.375. The maximum atomic E-state index is 13.9. The molecule has 0 bridgehead atoms. The van der Waals surface area contributed by atoms with Crippen molar-refractivity contribution in [2.24, 2.45) is 7.05 Å². The minimum absolute atomic E-state index is 0.237. The highest BCUT2D eigenvalue weighted by Gasteiger charge is 2.31. The maximum Gasteiger partial charge on any atom is 0.362 e. The molecule has 2 aromatic heterocycles. The van der Waals surface area contributed by atoms with Crippen LogP contribution >= 0.6 is 0 Å². The van der Waals surface area contributed by atoms with Crippen molar-refractivity contribution >= 4 is 33.3 Å². The molecular weight excluding hydrogens is 442 g/mol. The van der Waals surface area contributed by atoms with Gasteiger partial charge >= 0.3 is 6.20 Å². The number of anilines is 2. The molecule has 4 aromatic rings. The van der Waals surface area contributed by atoms with Crippen LogP contribution in [0.2, 0.25) is 0 Å². The zero-order valence-electron chi connectivity index (χ0n) is 18.9. The van der Waals surface area contributed by atoms with E-state index < -0.39 is 12.5 Å². The fourth-order valence-corrected chi connectivity index (χ4v) is 4.48. The average molecular weight is 468 g/mol. The van der Waals surface area contributed by atoms with Gasteiger partial charge < -0.3 is 20.4 Å². The lowest BCUT2D eigenvalue weighted by Crippen LogP contribution is -2.22. The zero-order valence-corrected chi connectivity index (χ0v) is 18.9. The van der Waals surface area contributed by atoms with Crippen molar-refractivity contribution in [2.45, 2.75) is 31.9 Å². The highest BCUT2D eigenvalue weighted by Crippen LogP contribution is 2.36. The maximum absolute atomic E-state index is 13.9. The molecule has 1 atom stereocenters. The van der Waals surface area contributed by atoms with Crippen molar-refractivity contribution in [3.8, 4) is 0 Å². The van der Waals surface area contributed by atoms with E-state index in [1.165, 1.54) is 12.1 Å². The van der Waals surface area contributed by atoms with Gasteiger partial charge in [0, 0.05) is 30.6 Å². The van der Waals surface area contributed by atoms with Gasteiger partial charge in [-0.05, 0) is 35.7 Å². The predicted octanol–water partition coefficient (Wildman–Crippen LogP) is 2.10. The Hall–Kier alpha value is -3.55. The molecule has 2 aromatic carbocycles. The van der Waals surface area contributed by atoms with Crippen molar-refractivity contribution in [3.63, 3.8) is 0 Å². The molecule has 1 saturated heterocycles. The molecule has 5 rings (SSSR count). The fourth-order valence-electron chi connectivity index (χ4n) is 4.48. The Balaban J connectivity index is 1.57. The van der Waals surface area contributed by atoms with Gasteiger partial charge in [0.25, 0.3) is 5.92 Å². The molecule has 176 valence electrons. The molecule has 0 amide bonds. The monoisotopic (exact) mass is 467 g/mol. The molecule has 0 radical (unpaired) electrons. The number of alkyl halides is 2. The lowest BCUT2D eigenvalue weighted by Gasteiger charge is -2.20. The van der Waals surface area contributed by atoms with Gasteiger partial charge in [0.1, 0.15) is 23.8 Å². The van der Waals surface area contributed by atoms with Gasteiger partial charge in [-0.15, -0.1) is 0 Å². The average Bonchev–Trinajstić information content (AvgIpc) is 3.43. The van der Waals surface area contributed by atoms with Crippen LogP contribution in [-0.4, -0.2) is 50.7 Å². The van der Waals surface area contributed by atoms with Crippen molar-refractivity contribution < 1.29 is 24.1 Å². The number of benzene rings is 2. The summed E-state index contributed by atoms with van der Waals surface area (Å²) in [4.78, 5) is 11.3. The third-order valence-corrected chi connectivity index (χ3v) is 6.20. The Bertz CT molecular complexity index is 1370. The molecule has 1 unspecified atom stereocenters. The lowest BCUT2D eigenvalue weighted by molar-refractivity contribution is -0.408. The number of hydrogen-bond acceptors (Lipinski definition) is 6. The summed E-state index contributed by atoms with van der Waals surface area (Å²) in [5.74, 6) is -2.18. The van der Waals surface area contributed by atoms with Gasteiger partial charge in [-0.2, -0.15) is 8.78 Å². The number of aliphatic hydroxyl groups is 2. The third kappa shape index (κ3) is 3.87. The number of rotatable bonds is 6. The van der Waals surface area contributed by atoms with E-state index >= 15 is 0 Å². The van der Waals surface area contributed by atoms with Crippen LogP contribution in [0.5, 0.6) is 0 Å². The van der Waals surface area contributed by atoms with Crippen LogP contribution in [0.25, 0.3) is 21.8 Å². The normalized spacial score (nSPS) is 16.4. The number of halogens is 2. The summed E-state index contributed by atoms with van der Waals surface area (Å²) in [5, 5.41) is 28.2. The molecule has 0 spiro atoms. The second-order valence-electron chi connectivity index (χ2n) is 8.68. The number of aromatic nitrogens is 4. The Kier molecular flexibility index (Phi) is 5.46. The van der Waals surface area contributed by atoms with Crippen molar-refractivity contribution in [2.75, 3.05) is 29.9 Å². The van der Waals surface area contributed by atoms with Crippen LogP contribution in [0.1, 0.15) is 23.4 Å². The van der Waals surface area contributed by atoms with Gasteiger partial charge in [-0.25, -0.2) is 9.97 Å². The van der Waals surface area contributed by atoms with Crippen LogP contribution in [0.3, 0.4) is 0 Å². The molecule has 0 saturated carbocycles. The Morgan fingerprint density at radius 1 is 1.29 bits per heavy atom. The summed E-state index contributed by atoms with van der Waals surface area (Å²) in [6.45, 7) is 2.04. The summed E-state index contributed by atoms with van der Waals surface area (Å²) < 4.78 is 29.6. The van der Waals surface area contributed by atoms with Gasteiger partial charge in [-0.3, -0.25) is 0 Å². The molecule has 0 aliphatic carbocycles. The number of aliphatic hydroxyl groups excluding tert-OH is 2. The minimum Gasteiger partial charge on any atom is -0.391 e.